The van der Waals surface area contributed by atoms with Gasteiger partial charge >= 0.3 is 11.9 Å². The molecule has 2 heterocycles. The number of carbonyl (C=O) groups is 6. The highest BCUT2D eigenvalue weighted by molar-refractivity contribution is 6.06. The number of hydrogen-bond acceptors (Lipinski definition) is 12. The number of imide groups is 1. The van der Waals surface area contributed by atoms with E-state index in [0.29, 0.717) is 85.0 Å². The third kappa shape index (κ3) is 9.30. The highest BCUT2D eigenvalue weighted by Crippen LogP contribution is 2.56. The van der Waals surface area contributed by atoms with Crippen LogP contribution in [0, 0.1) is 47.3 Å². The van der Waals surface area contributed by atoms with Crippen molar-refractivity contribution in [2.75, 3.05) is 68.6 Å². The minimum atomic E-state index is -0.989. The number of aromatic nitrogens is 2. The Morgan fingerprint density at radius 2 is 1.00 bits per heavy atom. The maximum absolute atomic E-state index is 14.7. The fourth-order valence-electron chi connectivity index (χ4n) is 11.3. The highest BCUT2D eigenvalue weighted by atomic mass is 16.5. The molecule has 17 heteroatoms. The van der Waals surface area contributed by atoms with E-state index in [0.717, 1.165) is 24.1 Å². The zero-order valence-electron chi connectivity index (χ0n) is 37.9. The summed E-state index contributed by atoms with van der Waals surface area (Å²) in [6.07, 6.45) is 4.85. The van der Waals surface area contributed by atoms with Crippen LogP contribution in [0.15, 0.2) is 48.8 Å². The molecule has 0 radical (unpaired) electrons. The van der Waals surface area contributed by atoms with E-state index in [-0.39, 0.29) is 23.7 Å². The number of esters is 2. The zero-order valence-corrected chi connectivity index (χ0v) is 37.9. The van der Waals surface area contributed by atoms with Gasteiger partial charge in [0.2, 0.25) is 23.6 Å². The first-order chi connectivity index (χ1) is 31.3. The van der Waals surface area contributed by atoms with Crippen LogP contribution in [0.1, 0.15) is 59.2 Å². The summed E-state index contributed by atoms with van der Waals surface area (Å²) in [6.45, 7) is 2.33. The predicted molar refractivity (Wildman–Crippen MR) is 240 cm³/mol. The second kappa shape index (κ2) is 19.3. The number of ether oxygens (including phenoxy) is 4. The standard InChI is InChI=1S/C48H61N7O10/c1-54(2)15-7-13-49-43(56)39-25-17-31(37(19-25)64-47(60)33-23-51-35-11-9-27(62-5)21-29(33)35)41(39)45(58)53-46(59)42-32-18-26(40(42)44(57)50-14-8-16-55(3)4)20-38(32)65-48(61)34-24-52-36-12-10-28(63-6)22-30(34)36/h9-12,21-26,31-32,37-42,51-52H,7-8,13-20H2,1-6H3,(H,49,56)(H,50,57)(H,53,58,59). The van der Waals surface area contributed by atoms with E-state index >= 15 is 0 Å². The molecule has 4 aliphatic rings. The van der Waals surface area contributed by atoms with Gasteiger partial charge in [-0.05, 0) is 128 Å². The molecule has 2 aromatic heterocycles. The smallest absolute Gasteiger partial charge is 0.340 e. The van der Waals surface area contributed by atoms with Crippen molar-refractivity contribution in [2.24, 2.45) is 47.3 Å². The fourth-order valence-corrected chi connectivity index (χ4v) is 11.3. The fraction of sp³-hybridized carbons (Fsp3) is 0.542. The summed E-state index contributed by atoms with van der Waals surface area (Å²) in [5.41, 5.74) is 2.08. The Labute approximate surface area is 378 Å². The Bertz CT molecular complexity index is 2280. The molecular formula is C48H61N7O10. The molecule has 4 aliphatic carbocycles. The minimum absolute atomic E-state index is 0.281. The largest absolute Gasteiger partial charge is 0.497 e. The number of aromatic amines is 2. The number of nitrogens with one attached hydrogen (secondary N) is 5. The van der Waals surface area contributed by atoms with Gasteiger partial charge in [0, 0.05) is 59.1 Å². The number of carbonyl (C=O) groups excluding carboxylic acids is 6. The second-order valence-corrected chi connectivity index (χ2v) is 18.8. The van der Waals surface area contributed by atoms with Crippen LogP contribution in [0.2, 0.25) is 0 Å². The summed E-state index contributed by atoms with van der Waals surface area (Å²) in [5.74, 6) is -7.03. The van der Waals surface area contributed by atoms with Gasteiger partial charge in [0.25, 0.3) is 0 Å². The topological polar surface area (TPSA) is 213 Å². The molecule has 8 rings (SSSR count). The van der Waals surface area contributed by atoms with Crippen molar-refractivity contribution < 1.29 is 47.7 Å². The number of benzene rings is 2. The number of nitrogens with zero attached hydrogens (tertiary/aromatic N) is 2. The first-order valence-corrected chi connectivity index (χ1v) is 22.7. The Balaban J connectivity index is 1.03. The summed E-state index contributed by atoms with van der Waals surface area (Å²) >= 11 is 0. The van der Waals surface area contributed by atoms with Crippen molar-refractivity contribution in [3.63, 3.8) is 0 Å². The van der Waals surface area contributed by atoms with Crippen LogP contribution in [0.4, 0.5) is 0 Å². The predicted octanol–water partition coefficient (Wildman–Crippen LogP) is 3.74. The van der Waals surface area contributed by atoms with Gasteiger partial charge in [-0.2, -0.15) is 0 Å². The van der Waals surface area contributed by atoms with E-state index in [1.54, 1.807) is 50.9 Å². The lowest BCUT2D eigenvalue weighted by Crippen LogP contribution is -2.53. The Morgan fingerprint density at radius 1 is 0.585 bits per heavy atom. The molecule has 5 N–H and O–H groups in total. The van der Waals surface area contributed by atoms with E-state index in [1.807, 2.05) is 50.1 Å². The number of rotatable bonds is 18. The Morgan fingerprint density at radius 3 is 1.38 bits per heavy atom. The molecule has 4 saturated carbocycles. The summed E-state index contributed by atoms with van der Waals surface area (Å²) < 4.78 is 23.1. The van der Waals surface area contributed by atoms with Gasteiger partial charge in [0.15, 0.2) is 0 Å². The van der Waals surface area contributed by atoms with Crippen molar-refractivity contribution in [1.29, 1.82) is 0 Å². The van der Waals surface area contributed by atoms with E-state index in [4.69, 9.17) is 18.9 Å². The number of H-pyrrole nitrogens is 2. The normalized spacial score (nSPS) is 26.5. The van der Waals surface area contributed by atoms with Crippen molar-refractivity contribution >= 4 is 57.4 Å². The minimum Gasteiger partial charge on any atom is -0.497 e. The number of amides is 4. The Hall–Kier alpha value is -5.94. The molecule has 4 bridgehead atoms. The Kier molecular flexibility index (Phi) is 13.5. The summed E-state index contributed by atoms with van der Waals surface area (Å²) in [4.78, 5) is 95.3. The van der Waals surface area contributed by atoms with E-state index < -0.39 is 71.5 Å². The first kappa shape index (κ1) is 45.6. The molecule has 4 amide bonds. The lowest BCUT2D eigenvalue weighted by molar-refractivity contribution is -0.147. The maximum atomic E-state index is 14.7. The third-order valence-corrected chi connectivity index (χ3v) is 14.2. The van der Waals surface area contributed by atoms with Crippen LogP contribution in [0.3, 0.4) is 0 Å². The number of fused-ring (bicyclic) bond motifs is 6. The average Bonchev–Trinajstić information content (AvgIpc) is 4.15. The number of hydrogen-bond donors (Lipinski definition) is 5. The molecular weight excluding hydrogens is 835 g/mol. The molecule has 4 aromatic rings. The monoisotopic (exact) mass is 895 g/mol. The third-order valence-electron chi connectivity index (χ3n) is 14.2. The van der Waals surface area contributed by atoms with Gasteiger partial charge in [-0.15, -0.1) is 0 Å². The molecule has 17 nitrogen and oxygen atoms in total. The zero-order chi connectivity index (χ0) is 46.1. The maximum Gasteiger partial charge on any atom is 0.340 e. The van der Waals surface area contributed by atoms with Crippen molar-refractivity contribution in [3.8, 4) is 11.5 Å². The van der Waals surface area contributed by atoms with Crippen LogP contribution in [0.25, 0.3) is 21.8 Å². The van der Waals surface area contributed by atoms with E-state index in [1.165, 1.54) is 0 Å². The highest BCUT2D eigenvalue weighted by Gasteiger charge is 2.62. The van der Waals surface area contributed by atoms with Gasteiger partial charge in [-0.1, -0.05) is 0 Å². The van der Waals surface area contributed by atoms with Crippen LogP contribution >= 0.6 is 0 Å². The van der Waals surface area contributed by atoms with Gasteiger partial charge < -0.3 is 49.3 Å². The first-order valence-electron chi connectivity index (χ1n) is 22.7. The summed E-state index contributed by atoms with van der Waals surface area (Å²) in [5, 5.41) is 9.98. The molecule has 65 heavy (non-hydrogen) atoms. The lowest BCUT2D eigenvalue weighted by atomic mass is 9.75. The van der Waals surface area contributed by atoms with E-state index in [2.05, 4.69) is 25.9 Å². The molecule has 2 aromatic carbocycles. The molecule has 10 unspecified atom stereocenters. The van der Waals surface area contributed by atoms with Crippen LogP contribution in [-0.4, -0.2) is 136 Å². The second-order valence-electron chi connectivity index (χ2n) is 18.8. The van der Waals surface area contributed by atoms with Crippen LogP contribution in [0.5, 0.6) is 11.5 Å². The van der Waals surface area contributed by atoms with Gasteiger partial charge in [0.05, 0.1) is 49.0 Å². The quantitative estimate of drug-likeness (QED) is 0.0549. The van der Waals surface area contributed by atoms with Crippen LogP contribution in [-0.2, 0) is 28.7 Å². The molecule has 348 valence electrons. The number of methoxy groups -OCH3 is 2. The molecule has 0 aliphatic heterocycles. The molecule has 4 fully saturated rings. The molecule has 10 atom stereocenters. The van der Waals surface area contributed by atoms with Gasteiger partial charge in [0.1, 0.15) is 23.7 Å². The van der Waals surface area contributed by atoms with Crippen LogP contribution < -0.4 is 25.4 Å². The summed E-state index contributed by atoms with van der Waals surface area (Å²) in [6, 6.07) is 10.7. The lowest BCUT2D eigenvalue weighted by Gasteiger charge is -2.36. The van der Waals surface area contributed by atoms with Crippen molar-refractivity contribution in [1.82, 2.24) is 35.7 Å². The average molecular weight is 896 g/mol. The van der Waals surface area contributed by atoms with E-state index in [9.17, 15) is 28.8 Å². The van der Waals surface area contributed by atoms with Crippen molar-refractivity contribution in [2.45, 2.75) is 50.7 Å². The summed E-state index contributed by atoms with van der Waals surface area (Å²) in [7, 11) is 10.9. The SMILES string of the molecule is COc1ccc2[nH]cc(C(=O)OC3CC4CC3C(C(=O)NC(=O)C3C5CC(CC5OC(=O)c5c[nH]c6ccc(OC)cc56)C3C(=O)NCCCN(C)C)C4C(=O)NCCCN(C)C)c2c1. The van der Waals surface area contributed by atoms with Crippen molar-refractivity contribution in [3.05, 3.63) is 59.9 Å². The molecule has 0 saturated heterocycles. The van der Waals surface area contributed by atoms with Gasteiger partial charge in [-0.25, -0.2) is 9.59 Å². The van der Waals surface area contributed by atoms with Gasteiger partial charge in [-0.3, -0.25) is 24.5 Å². The molecule has 0 spiro atoms.